The highest BCUT2D eigenvalue weighted by molar-refractivity contribution is 5.36. The van der Waals surface area contributed by atoms with Gasteiger partial charge in [0.05, 0.1) is 12.8 Å². The third kappa shape index (κ3) is 2.69. The highest BCUT2D eigenvalue weighted by Crippen LogP contribution is 2.12. The number of hydrogen-bond acceptors (Lipinski definition) is 5. The molecule has 0 saturated carbocycles. The van der Waals surface area contributed by atoms with Crippen LogP contribution >= 0.6 is 0 Å². The van der Waals surface area contributed by atoms with E-state index in [-0.39, 0.29) is 12.2 Å². The van der Waals surface area contributed by atoms with Gasteiger partial charge in [0, 0.05) is 6.54 Å². The van der Waals surface area contributed by atoms with E-state index < -0.39 is 11.2 Å². The number of ether oxygens (including phenoxy) is 1. The van der Waals surface area contributed by atoms with Gasteiger partial charge in [-0.2, -0.15) is 9.94 Å². The predicted molar refractivity (Wildman–Crippen MR) is 75.7 cm³/mol. The van der Waals surface area contributed by atoms with Crippen molar-refractivity contribution in [1.82, 2.24) is 14.3 Å². The molecule has 0 spiro atoms. The Bertz CT molecular complexity index is 797. The van der Waals surface area contributed by atoms with E-state index in [1.807, 2.05) is 6.92 Å². The zero-order valence-electron chi connectivity index (χ0n) is 11.7. The third-order valence-electron chi connectivity index (χ3n) is 2.93. The molecule has 0 saturated heterocycles. The quantitative estimate of drug-likeness (QED) is 0.824. The lowest BCUT2D eigenvalue weighted by atomic mass is 10.3. The summed E-state index contributed by atoms with van der Waals surface area (Å²) in [6, 6.07) is 8.34. The molecular weight excluding hydrogens is 272 g/mol. The first-order valence-electron chi connectivity index (χ1n) is 6.41. The normalized spacial score (nSPS) is 10.1. The van der Waals surface area contributed by atoms with Gasteiger partial charge in [-0.05, 0) is 30.7 Å². The first-order valence-corrected chi connectivity index (χ1v) is 6.41. The fraction of sp³-hybridized carbons (Fsp3) is 0.286. The van der Waals surface area contributed by atoms with Crippen molar-refractivity contribution in [2.24, 2.45) is 0 Å². The number of hydrogen-bond donors (Lipinski definition) is 0. The maximum Gasteiger partial charge on any atom is 0.352 e. The SMILES string of the molecule is CCCn1c(=O)c(C#N)nn(-c2ccc(OC)cc2)c1=O. The molecule has 0 aliphatic rings. The Hall–Kier alpha value is -2.88. The summed E-state index contributed by atoms with van der Waals surface area (Å²) in [5.41, 5.74) is -1.07. The van der Waals surface area contributed by atoms with Gasteiger partial charge >= 0.3 is 5.69 Å². The number of nitriles is 1. The lowest BCUT2D eigenvalue weighted by Crippen LogP contribution is -2.42. The standard InChI is InChI=1S/C14H14N4O3/c1-3-8-17-13(19)12(9-15)16-18(14(17)20)10-4-6-11(21-2)7-5-10/h4-7H,3,8H2,1-2H3. The van der Waals surface area contributed by atoms with Crippen molar-refractivity contribution in [3.8, 4) is 17.5 Å². The maximum atomic E-state index is 12.3. The Morgan fingerprint density at radius 2 is 1.95 bits per heavy atom. The van der Waals surface area contributed by atoms with E-state index in [0.717, 1.165) is 9.25 Å². The van der Waals surface area contributed by atoms with Crippen LogP contribution in [-0.4, -0.2) is 21.5 Å². The van der Waals surface area contributed by atoms with Crippen LogP contribution in [0.1, 0.15) is 19.0 Å². The van der Waals surface area contributed by atoms with E-state index in [1.54, 1.807) is 30.3 Å². The van der Waals surface area contributed by atoms with Gasteiger partial charge in [0.15, 0.2) is 0 Å². The van der Waals surface area contributed by atoms with Gasteiger partial charge in [0.2, 0.25) is 5.69 Å². The molecule has 0 fully saturated rings. The summed E-state index contributed by atoms with van der Waals surface area (Å²) >= 11 is 0. The first kappa shape index (κ1) is 14.5. The smallest absolute Gasteiger partial charge is 0.352 e. The average molecular weight is 286 g/mol. The zero-order chi connectivity index (χ0) is 15.4. The van der Waals surface area contributed by atoms with Crippen molar-refractivity contribution in [3.05, 3.63) is 50.8 Å². The van der Waals surface area contributed by atoms with Crippen LogP contribution in [0.15, 0.2) is 33.9 Å². The number of rotatable bonds is 4. The third-order valence-corrected chi connectivity index (χ3v) is 2.93. The lowest BCUT2D eigenvalue weighted by Gasteiger charge is -2.09. The minimum atomic E-state index is -0.658. The summed E-state index contributed by atoms with van der Waals surface area (Å²) in [4.78, 5) is 24.3. The fourth-order valence-electron chi connectivity index (χ4n) is 1.90. The molecule has 108 valence electrons. The van der Waals surface area contributed by atoms with Crippen LogP contribution in [0.25, 0.3) is 5.69 Å². The molecule has 1 aromatic heterocycles. The molecule has 0 amide bonds. The molecule has 2 rings (SSSR count). The number of benzene rings is 1. The van der Waals surface area contributed by atoms with Crippen LogP contribution in [0.5, 0.6) is 5.75 Å². The van der Waals surface area contributed by atoms with Crippen LogP contribution in [0, 0.1) is 11.3 Å². The molecular formula is C14H14N4O3. The van der Waals surface area contributed by atoms with Gasteiger partial charge in [0.25, 0.3) is 5.56 Å². The summed E-state index contributed by atoms with van der Waals surface area (Å²) in [6.07, 6.45) is 0.604. The molecule has 21 heavy (non-hydrogen) atoms. The minimum absolute atomic E-state index is 0.241. The number of methoxy groups -OCH3 is 1. The van der Waals surface area contributed by atoms with Crippen LogP contribution < -0.4 is 16.0 Å². The topological polar surface area (TPSA) is 89.9 Å². The second-order valence-electron chi connectivity index (χ2n) is 4.31. The second-order valence-corrected chi connectivity index (χ2v) is 4.31. The maximum absolute atomic E-state index is 12.3. The second kappa shape index (κ2) is 6.05. The van der Waals surface area contributed by atoms with Crippen molar-refractivity contribution < 1.29 is 4.74 Å². The van der Waals surface area contributed by atoms with Gasteiger partial charge in [0.1, 0.15) is 11.8 Å². The van der Waals surface area contributed by atoms with Gasteiger partial charge in [-0.15, -0.1) is 5.10 Å². The summed E-state index contributed by atoms with van der Waals surface area (Å²) in [7, 11) is 1.54. The largest absolute Gasteiger partial charge is 0.497 e. The van der Waals surface area contributed by atoms with E-state index in [1.165, 1.54) is 7.11 Å². The Morgan fingerprint density at radius 1 is 1.29 bits per heavy atom. The molecule has 0 atom stereocenters. The molecule has 0 radical (unpaired) electrons. The van der Waals surface area contributed by atoms with Crippen molar-refractivity contribution in [1.29, 1.82) is 5.26 Å². The molecule has 0 aliphatic carbocycles. The van der Waals surface area contributed by atoms with Crippen molar-refractivity contribution in [3.63, 3.8) is 0 Å². The molecule has 7 heteroatoms. The summed E-state index contributed by atoms with van der Waals surface area (Å²) in [6.45, 7) is 2.08. The molecule has 7 nitrogen and oxygen atoms in total. The molecule has 2 aromatic rings. The fourth-order valence-corrected chi connectivity index (χ4v) is 1.90. The summed E-state index contributed by atoms with van der Waals surface area (Å²) < 4.78 is 7.12. The number of aromatic nitrogens is 3. The summed E-state index contributed by atoms with van der Waals surface area (Å²) in [5, 5.41) is 12.8. The summed E-state index contributed by atoms with van der Waals surface area (Å²) in [5.74, 6) is 0.634. The number of nitrogens with zero attached hydrogens (tertiary/aromatic N) is 4. The molecule has 1 aromatic carbocycles. The van der Waals surface area contributed by atoms with E-state index in [0.29, 0.717) is 17.9 Å². The van der Waals surface area contributed by atoms with E-state index in [9.17, 15) is 9.59 Å². The van der Waals surface area contributed by atoms with Crippen LogP contribution in [0.3, 0.4) is 0 Å². The molecule has 0 N–H and O–H groups in total. The lowest BCUT2D eigenvalue weighted by molar-refractivity contribution is 0.414. The molecule has 0 bridgehead atoms. The molecule has 0 unspecified atom stereocenters. The van der Waals surface area contributed by atoms with Crippen LogP contribution in [0.4, 0.5) is 0 Å². The van der Waals surface area contributed by atoms with Gasteiger partial charge in [-0.3, -0.25) is 9.36 Å². The van der Waals surface area contributed by atoms with E-state index >= 15 is 0 Å². The van der Waals surface area contributed by atoms with Crippen LogP contribution in [0.2, 0.25) is 0 Å². The Morgan fingerprint density at radius 3 is 2.48 bits per heavy atom. The minimum Gasteiger partial charge on any atom is -0.497 e. The Labute approximate surface area is 120 Å². The first-order chi connectivity index (χ1) is 10.1. The molecule has 0 aliphatic heterocycles. The van der Waals surface area contributed by atoms with E-state index in [4.69, 9.17) is 10.00 Å². The average Bonchev–Trinajstić information content (AvgIpc) is 2.52. The Balaban J connectivity index is 2.68. The zero-order valence-corrected chi connectivity index (χ0v) is 11.7. The highest BCUT2D eigenvalue weighted by Gasteiger charge is 2.13. The van der Waals surface area contributed by atoms with Crippen molar-refractivity contribution in [2.45, 2.75) is 19.9 Å². The predicted octanol–water partition coefficient (Wildman–Crippen LogP) is 0.684. The Kier molecular flexibility index (Phi) is 4.18. The van der Waals surface area contributed by atoms with Crippen LogP contribution in [-0.2, 0) is 6.54 Å². The van der Waals surface area contributed by atoms with Gasteiger partial charge in [-0.25, -0.2) is 4.79 Å². The van der Waals surface area contributed by atoms with E-state index in [2.05, 4.69) is 5.10 Å². The highest BCUT2D eigenvalue weighted by atomic mass is 16.5. The monoisotopic (exact) mass is 286 g/mol. The van der Waals surface area contributed by atoms with Gasteiger partial charge < -0.3 is 4.74 Å². The van der Waals surface area contributed by atoms with Gasteiger partial charge in [-0.1, -0.05) is 6.92 Å². The van der Waals surface area contributed by atoms with Crippen molar-refractivity contribution in [2.75, 3.05) is 7.11 Å². The molecule has 1 heterocycles. The van der Waals surface area contributed by atoms with Crippen molar-refractivity contribution >= 4 is 0 Å².